The van der Waals surface area contributed by atoms with Gasteiger partial charge < -0.3 is 16.8 Å². The molecule has 3 aromatic rings. The molecule has 0 radical (unpaired) electrons. The van der Waals surface area contributed by atoms with Crippen LogP contribution in [-0.4, -0.2) is 48.6 Å². The smallest absolute Gasteiger partial charge is 0.223 e. The van der Waals surface area contributed by atoms with Gasteiger partial charge in [-0.25, -0.2) is 18.4 Å². The van der Waals surface area contributed by atoms with Crippen LogP contribution in [0.1, 0.15) is 17.5 Å². The summed E-state index contributed by atoms with van der Waals surface area (Å²) in [6.45, 7) is 1.83. The zero-order chi connectivity index (χ0) is 23.0. The number of rotatable bonds is 11. The van der Waals surface area contributed by atoms with Crippen LogP contribution in [-0.2, 0) is 23.0 Å². The number of hydrogen-bond acceptors (Lipinski definition) is 7. The van der Waals surface area contributed by atoms with Gasteiger partial charge in [-0.05, 0) is 54.8 Å². The molecule has 0 aliphatic heterocycles. The van der Waals surface area contributed by atoms with Gasteiger partial charge in [0.1, 0.15) is 0 Å². The molecule has 0 atom stereocenters. The topological polar surface area (TPSA) is 127 Å². The minimum Gasteiger partial charge on any atom is -0.399 e. The quantitative estimate of drug-likeness (QED) is 0.380. The first-order valence-corrected chi connectivity index (χ1v) is 12.4. The van der Waals surface area contributed by atoms with Crippen molar-refractivity contribution in [2.75, 3.05) is 36.9 Å². The summed E-state index contributed by atoms with van der Waals surface area (Å²) in [4.78, 5) is 8.92. The van der Waals surface area contributed by atoms with Crippen LogP contribution in [0, 0.1) is 0 Å². The van der Waals surface area contributed by atoms with Crippen LogP contribution in [0.3, 0.4) is 0 Å². The number of sulfonamides is 1. The summed E-state index contributed by atoms with van der Waals surface area (Å²) in [5.74, 6) is 0.545. The first kappa shape index (κ1) is 23.6. The number of nitrogens with two attached hydrogens (primary N) is 2. The Balaban J connectivity index is 1.68. The Morgan fingerprint density at radius 1 is 1.06 bits per heavy atom. The lowest BCUT2D eigenvalue weighted by Crippen LogP contribution is -2.31. The van der Waals surface area contributed by atoms with Gasteiger partial charge in [0.15, 0.2) is 0 Å². The number of aromatic nitrogens is 2. The molecular formula is C23H30N6O2S. The Bertz CT molecular complexity index is 1120. The highest BCUT2D eigenvalue weighted by atomic mass is 32.2. The summed E-state index contributed by atoms with van der Waals surface area (Å²) in [6.07, 6.45) is 4.38. The molecule has 1 heterocycles. The van der Waals surface area contributed by atoms with Crippen LogP contribution in [0.4, 0.5) is 11.6 Å². The summed E-state index contributed by atoms with van der Waals surface area (Å²) in [6, 6.07) is 17.4. The molecule has 5 N–H and O–H groups in total. The van der Waals surface area contributed by atoms with Crippen LogP contribution >= 0.6 is 0 Å². The molecule has 1 aromatic heterocycles. The Kier molecular flexibility index (Phi) is 8.15. The molecule has 32 heavy (non-hydrogen) atoms. The lowest BCUT2D eigenvalue weighted by atomic mass is 10.1. The minimum atomic E-state index is -3.32. The van der Waals surface area contributed by atoms with Gasteiger partial charge in [-0.15, -0.1) is 0 Å². The summed E-state index contributed by atoms with van der Waals surface area (Å²) >= 11 is 0. The fourth-order valence-corrected chi connectivity index (χ4v) is 4.11. The lowest BCUT2D eigenvalue weighted by Gasteiger charge is -2.20. The molecule has 0 spiro atoms. The van der Waals surface area contributed by atoms with Gasteiger partial charge in [-0.3, -0.25) is 0 Å². The predicted molar refractivity (Wildman–Crippen MR) is 129 cm³/mol. The molecule has 9 heteroatoms. The van der Waals surface area contributed by atoms with Crippen LogP contribution < -0.4 is 16.8 Å². The highest BCUT2D eigenvalue weighted by Crippen LogP contribution is 2.21. The van der Waals surface area contributed by atoms with Crippen molar-refractivity contribution in [3.63, 3.8) is 0 Å². The first-order valence-electron chi connectivity index (χ1n) is 10.5. The standard InChI is InChI=1S/C23H30N6O2S/c1-32(30,31)29(15-3-12-24)17-19-4-2-5-20(16-19)22-11-14-27-23(28-22)26-13-10-18-6-8-21(25)9-7-18/h2,4-9,11,14,16H,3,10,12-13,15,17,24-25H2,1H3,(H,26,27,28). The molecule has 0 fully saturated rings. The number of benzene rings is 2. The molecule has 0 amide bonds. The van der Waals surface area contributed by atoms with Gasteiger partial charge in [-0.1, -0.05) is 30.3 Å². The molecule has 8 nitrogen and oxygen atoms in total. The third-order valence-corrected chi connectivity index (χ3v) is 6.24. The van der Waals surface area contributed by atoms with E-state index in [4.69, 9.17) is 11.5 Å². The van der Waals surface area contributed by atoms with Gasteiger partial charge in [-0.2, -0.15) is 4.31 Å². The maximum Gasteiger partial charge on any atom is 0.223 e. The third kappa shape index (κ3) is 7.01. The fourth-order valence-electron chi connectivity index (χ4n) is 3.27. The second-order valence-corrected chi connectivity index (χ2v) is 9.61. The Hall–Kier alpha value is -3.01. The van der Waals surface area contributed by atoms with Gasteiger partial charge in [0, 0.05) is 37.1 Å². The summed E-state index contributed by atoms with van der Waals surface area (Å²) < 4.78 is 25.7. The summed E-state index contributed by atoms with van der Waals surface area (Å²) in [5.41, 5.74) is 15.8. The Morgan fingerprint density at radius 3 is 2.56 bits per heavy atom. The zero-order valence-electron chi connectivity index (χ0n) is 18.2. The maximum absolute atomic E-state index is 12.1. The molecule has 0 bridgehead atoms. The molecule has 170 valence electrons. The van der Waals surface area contributed by atoms with E-state index in [0.29, 0.717) is 38.5 Å². The van der Waals surface area contributed by atoms with Crippen LogP contribution in [0.2, 0.25) is 0 Å². The van der Waals surface area contributed by atoms with E-state index in [0.717, 1.165) is 28.9 Å². The van der Waals surface area contributed by atoms with E-state index in [1.807, 2.05) is 54.6 Å². The van der Waals surface area contributed by atoms with E-state index in [-0.39, 0.29) is 0 Å². The van der Waals surface area contributed by atoms with Crippen LogP contribution in [0.5, 0.6) is 0 Å². The number of nitrogens with one attached hydrogen (secondary N) is 1. The second-order valence-electron chi connectivity index (χ2n) is 7.62. The number of nitrogens with zero attached hydrogens (tertiary/aromatic N) is 3. The third-order valence-electron chi connectivity index (χ3n) is 4.99. The van der Waals surface area contributed by atoms with Crippen molar-refractivity contribution in [1.82, 2.24) is 14.3 Å². The van der Waals surface area contributed by atoms with Gasteiger partial charge in [0.25, 0.3) is 0 Å². The summed E-state index contributed by atoms with van der Waals surface area (Å²) in [7, 11) is -3.32. The van der Waals surface area contributed by atoms with E-state index in [2.05, 4.69) is 15.3 Å². The molecule has 0 aliphatic carbocycles. The Morgan fingerprint density at radius 2 is 1.84 bits per heavy atom. The fraction of sp³-hybridized carbons (Fsp3) is 0.304. The SMILES string of the molecule is CS(=O)(=O)N(CCCN)Cc1cccc(-c2ccnc(NCCc3ccc(N)cc3)n2)c1. The van der Waals surface area contributed by atoms with Crippen molar-refractivity contribution in [2.45, 2.75) is 19.4 Å². The van der Waals surface area contributed by atoms with E-state index >= 15 is 0 Å². The van der Waals surface area contributed by atoms with Crippen molar-refractivity contribution < 1.29 is 8.42 Å². The number of hydrogen-bond donors (Lipinski definition) is 3. The Labute approximate surface area is 189 Å². The normalized spacial score (nSPS) is 11.6. The van der Waals surface area contributed by atoms with Gasteiger partial charge >= 0.3 is 0 Å². The molecule has 0 saturated carbocycles. The summed E-state index contributed by atoms with van der Waals surface area (Å²) in [5, 5.41) is 3.25. The number of anilines is 2. The van der Waals surface area contributed by atoms with Crippen molar-refractivity contribution >= 4 is 21.7 Å². The van der Waals surface area contributed by atoms with Crippen molar-refractivity contribution in [1.29, 1.82) is 0 Å². The van der Waals surface area contributed by atoms with Crippen LogP contribution in [0.25, 0.3) is 11.3 Å². The largest absolute Gasteiger partial charge is 0.399 e. The van der Waals surface area contributed by atoms with Crippen LogP contribution in [0.15, 0.2) is 60.8 Å². The lowest BCUT2D eigenvalue weighted by molar-refractivity contribution is 0.405. The van der Waals surface area contributed by atoms with E-state index in [1.54, 1.807) is 6.20 Å². The zero-order valence-corrected chi connectivity index (χ0v) is 19.1. The van der Waals surface area contributed by atoms with Crippen molar-refractivity contribution in [3.8, 4) is 11.3 Å². The average molecular weight is 455 g/mol. The van der Waals surface area contributed by atoms with Crippen molar-refractivity contribution in [2.24, 2.45) is 5.73 Å². The monoisotopic (exact) mass is 454 g/mol. The first-order chi connectivity index (χ1) is 15.3. The highest BCUT2D eigenvalue weighted by molar-refractivity contribution is 7.88. The molecular weight excluding hydrogens is 424 g/mol. The van der Waals surface area contributed by atoms with Gasteiger partial charge in [0.2, 0.25) is 16.0 Å². The average Bonchev–Trinajstić information content (AvgIpc) is 2.78. The second kappa shape index (κ2) is 11.0. The van der Waals surface area contributed by atoms with Gasteiger partial charge in [0.05, 0.1) is 11.9 Å². The molecule has 0 unspecified atom stereocenters. The molecule has 0 aliphatic rings. The molecule has 3 rings (SSSR count). The molecule has 0 saturated heterocycles. The van der Waals surface area contributed by atoms with Crippen molar-refractivity contribution in [3.05, 3.63) is 71.9 Å². The van der Waals surface area contributed by atoms with E-state index in [9.17, 15) is 8.42 Å². The van der Waals surface area contributed by atoms with E-state index < -0.39 is 10.0 Å². The minimum absolute atomic E-state index is 0.296. The molecule has 2 aromatic carbocycles. The highest BCUT2D eigenvalue weighted by Gasteiger charge is 2.16. The maximum atomic E-state index is 12.1. The number of nitrogen functional groups attached to an aromatic ring is 1. The van der Waals surface area contributed by atoms with E-state index in [1.165, 1.54) is 16.1 Å². The predicted octanol–water partition coefficient (Wildman–Crippen LogP) is 2.49.